The second kappa shape index (κ2) is 8.80. The van der Waals surface area contributed by atoms with Crippen LogP contribution in [0, 0.1) is 21.4 Å². The van der Waals surface area contributed by atoms with Crippen LogP contribution in [0.2, 0.25) is 0 Å². The Morgan fingerprint density at radius 1 is 1.15 bits per heavy atom. The molecular weight excluding hydrogens is 336 g/mol. The van der Waals surface area contributed by atoms with Crippen LogP contribution < -0.4 is 9.47 Å². The first-order valence-electron chi connectivity index (χ1n) is 7.42. The van der Waals surface area contributed by atoms with Crippen LogP contribution in [0.3, 0.4) is 0 Å². The highest BCUT2D eigenvalue weighted by molar-refractivity contribution is 5.89. The molecule has 0 saturated heterocycles. The topological polar surface area (TPSA) is 102 Å². The van der Waals surface area contributed by atoms with Gasteiger partial charge in [0.1, 0.15) is 0 Å². The van der Waals surface area contributed by atoms with Gasteiger partial charge < -0.3 is 9.47 Å². The van der Waals surface area contributed by atoms with Crippen molar-refractivity contribution in [2.75, 3.05) is 7.11 Å². The van der Waals surface area contributed by atoms with Gasteiger partial charge in [-0.2, -0.15) is 5.26 Å². The fraction of sp³-hybridized carbons (Fsp3) is 0.0526. The van der Waals surface area contributed by atoms with Crippen LogP contribution in [0.4, 0.5) is 5.69 Å². The molecule has 0 aliphatic carbocycles. The molecule has 0 N–H and O–H groups in total. The number of nitro benzene ring substituents is 1. The van der Waals surface area contributed by atoms with E-state index in [2.05, 4.69) is 0 Å². The maximum Gasteiger partial charge on any atom is 0.336 e. The molecule has 0 aliphatic rings. The molecule has 26 heavy (non-hydrogen) atoms. The number of rotatable bonds is 6. The number of nitro groups is 1. The molecule has 0 amide bonds. The molecule has 2 aromatic carbocycles. The molecule has 130 valence electrons. The zero-order chi connectivity index (χ0) is 18.9. The number of hydrogen-bond donors (Lipinski definition) is 0. The number of non-ortho nitro benzene ring substituents is 1. The monoisotopic (exact) mass is 350 g/mol. The number of nitriles is 1. The first-order valence-corrected chi connectivity index (χ1v) is 7.42. The van der Waals surface area contributed by atoms with Crippen molar-refractivity contribution in [1.29, 1.82) is 5.26 Å². The second-order valence-corrected chi connectivity index (χ2v) is 4.98. The first-order chi connectivity index (χ1) is 12.5. The highest BCUT2D eigenvalue weighted by Gasteiger charge is 2.09. The number of allylic oxidation sites excluding steroid dienone is 1. The molecule has 0 saturated carbocycles. The van der Waals surface area contributed by atoms with Gasteiger partial charge in [-0.3, -0.25) is 10.1 Å². The number of benzene rings is 2. The standard InChI is InChI=1S/C19H14N2O5/c1-25-18-13-15(5-3-11-20)7-9-17(18)26-19(22)10-8-14-4-2-6-16(12-14)21(23)24/h2-10,12-13H,1H3/b5-3-,10-8+. The molecule has 2 aromatic rings. The van der Waals surface area contributed by atoms with Gasteiger partial charge in [-0.25, -0.2) is 4.79 Å². The summed E-state index contributed by atoms with van der Waals surface area (Å²) in [4.78, 5) is 22.2. The lowest BCUT2D eigenvalue weighted by Crippen LogP contribution is -2.05. The highest BCUT2D eigenvalue weighted by Crippen LogP contribution is 2.28. The molecule has 0 spiro atoms. The summed E-state index contributed by atoms with van der Waals surface area (Å²) in [6.07, 6.45) is 5.51. The predicted octanol–water partition coefficient (Wildman–Crippen LogP) is 3.76. The summed E-state index contributed by atoms with van der Waals surface area (Å²) in [5, 5.41) is 19.3. The largest absolute Gasteiger partial charge is 0.493 e. The number of esters is 1. The summed E-state index contributed by atoms with van der Waals surface area (Å²) in [6, 6.07) is 12.6. The van der Waals surface area contributed by atoms with Crippen LogP contribution in [-0.2, 0) is 4.79 Å². The van der Waals surface area contributed by atoms with Crippen molar-refractivity contribution in [1.82, 2.24) is 0 Å². The summed E-state index contributed by atoms with van der Waals surface area (Å²) < 4.78 is 10.4. The van der Waals surface area contributed by atoms with Crippen molar-refractivity contribution in [3.05, 3.63) is 75.9 Å². The summed E-state index contributed by atoms with van der Waals surface area (Å²) in [6.45, 7) is 0. The molecule has 0 atom stereocenters. The molecule has 0 fully saturated rings. The van der Waals surface area contributed by atoms with Crippen LogP contribution in [0.15, 0.2) is 54.6 Å². The van der Waals surface area contributed by atoms with Crippen molar-refractivity contribution in [2.24, 2.45) is 0 Å². The van der Waals surface area contributed by atoms with Crippen LogP contribution in [0.25, 0.3) is 12.2 Å². The molecule has 0 unspecified atom stereocenters. The van der Waals surface area contributed by atoms with Gasteiger partial charge in [-0.15, -0.1) is 0 Å². The van der Waals surface area contributed by atoms with E-state index in [0.717, 1.165) is 5.56 Å². The van der Waals surface area contributed by atoms with Gasteiger partial charge in [0, 0.05) is 24.3 Å². The predicted molar refractivity (Wildman–Crippen MR) is 95.4 cm³/mol. The fourth-order valence-electron chi connectivity index (χ4n) is 2.05. The summed E-state index contributed by atoms with van der Waals surface area (Å²) in [5.74, 6) is -0.104. The van der Waals surface area contributed by atoms with Crippen LogP contribution in [0.1, 0.15) is 11.1 Å². The van der Waals surface area contributed by atoms with E-state index in [-0.39, 0.29) is 11.4 Å². The van der Waals surface area contributed by atoms with E-state index in [0.29, 0.717) is 11.3 Å². The maximum absolute atomic E-state index is 12.0. The number of methoxy groups -OCH3 is 1. The van der Waals surface area contributed by atoms with E-state index in [1.54, 1.807) is 30.3 Å². The Kier molecular flexibility index (Phi) is 6.23. The lowest BCUT2D eigenvalue weighted by atomic mass is 10.2. The van der Waals surface area contributed by atoms with Gasteiger partial charge in [0.2, 0.25) is 0 Å². The molecule has 7 nitrogen and oxygen atoms in total. The molecule has 0 aromatic heterocycles. The molecule has 0 aliphatic heterocycles. The van der Waals surface area contributed by atoms with E-state index < -0.39 is 10.9 Å². The minimum absolute atomic E-state index is 0.0665. The zero-order valence-corrected chi connectivity index (χ0v) is 13.8. The Bertz CT molecular complexity index is 926. The van der Waals surface area contributed by atoms with E-state index in [1.165, 1.54) is 43.5 Å². The Balaban J connectivity index is 2.12. The van der Waals surface area contributed by atoms with Crippen molar-refractivity contribution in [3.8, 4) is 17.6 Å². The van der Waals surface area contributed by atoms with E-state index >= 15 is 0 Å². The minimum Gasteiger partial charge on any atom is -0.493 e. The molecule has 0 heterocycles. The Morgan fingerprint density at radius 3 is 2.62 bits per heavy atom. The average molecular weight is 350 g/mol. The normalized spacial score (nSPS) is 10.6. The Hall–Kier alpha value is -3.92. The third-order valence-corrected chi connectivity index (χ3v) is 3.24. The van der Waals surface area contributed by atoms with Crippen molar-refractivity contribution < 1.29 is 19.2 Å². The number of hydrogen-bond acceptors (Lipinski definition) is 6. The lowest BCUT2D eigenvalue weighted by Gasteiger charge is -2.08. The molecular formula is C19H14N2O5. The number of nitrogens with zero attached hydrogens (tertiary/aromatic N) is 2. The summed E-state index contributed by atoms with van der Waals surface area (Å²) in [7, 11) is 1.43. The third-order valence-electron chi connectivity index (χ3n) is 3.24. The maximum atomic E-state index is 12.0. The number of ether oxygens (including phenoxy) is 2. The van der Waals surface area contributed by atoms with Crippen molar-refractivity contribution in [2.45, 2.75) is 0 Å². The lowest BCUT2D eigenvalue weighted by molar-refractivity contribution is -0.384. The average Bonchev–Trinajstić information content (AvgIpc) is 2.65. The van der Waals surface area contributed by atoms with Crippen molar-refractivity contribution >= 4 is 23.8 Å². The Morgan fingerprint density at radius 2 is 1.92 bits per heavy atom. The van der Waals surface area contributed by atoms with Crippen molar-refractivity contribution in [3.63, 3.8) is 0 Å². The first kappa shape index (κ1) is 18.4. The van der Waals surface area contributed by atoms with Gasteiger partial charge in [0.05, 0.1) is 18.1 Å². The zero-order valence-electron chi connectivity index (χ0n) is 13.8. The van der Waals surface area contributed by atoms with E-state index in [4.69, 9.17) is 14.7 Å². The van der Waals surface area contributed by atoms with Gasteiger partial charge in [-0.05, 0) is 35.4 Å². The number of carbonyl (C=O) groups excluding carboxylic acids is 1. The third kappa shape index (κ3) is 5.04. The molecule has 0 radical (unpaired) electrons. The van der Waals surface area contributed by atoms with Crippen LogP contribution >= 0.6 is 0 Å². The minimum atomic E-state index is -0.657. The summed E-state index contributed by atoms with van der Waals surface area (Å²) >= 11 is 0. The number of carbonyl (C=O) groups is 1. The van der Waals surface area contributed by atoms with Crippen LogP contribution in [-0.4, -0.2) is 18.0 Å². The second-order valence-electron chi connectivity index (χ2n) is 4.98. The van der Waals surface area contributed by atoms with Crippen LogP contribution in [0.5, 0.6) is 11.5 Å². The SMILES string of the molecule is COc1cc(/C=C\C#N)ccc1OC(=O)/C=C/c1cccc([N+](=O)[O-])c1. The van der Waals surface area contributed by atoms with Gasteiger partial charge in [0.25, 0.3) is 5.69 Å². The molecule has 7 heteroatoms. The fourth-order valence-corrected chi connectivity index (χ4v) is 2.05. The quantitative estimate of drug-likeness (QED) is 0.196. The highest BCUT2D eigenvalue weighted by atomic mass is 16.6. The van der Waals surface area contributed by atoms with Gasteiger partial charge in [-0.1, -0.05) is 18.2 Å². The van der Waals surface area contributed by atoms with Gasteiger partial charge in [0.15, 0.2) is 11.5 Å². The molecule has 2 rings (SSSR count). The Labute approximate surface area is 149 Å². The van der Waals surface area contributed by atoms with E-state index in [1.807, 2.05) is 6.07 Å². The summed E-state index contributed by atoms with van der Waals surface area (Å²) in [5.41, 5.74) is 1.15. The smallest absolute Gasteiger partial charge is 0.336 e. The van der Waals surface area contributed by atoms with Gasteiger partial charge >= 0.3 is 5.97 Å². The molecule has 0 bridgehead atoms. The van der Waals surface area contributed by atoms with E-state index in [9.17, 15) is 14.9 Å².